The summed E-state index contributed by atoms with van der Waals surface area (Å²) in [4.78, 5) is 12.6. The van der Waals surface area contributed by atoms with Crippen LogP contribution in [0.2, 0.25) is 0 Å². The number of hydrogen-bond donors (Lipinski definition) is 2. The van der Waals surface area contributed by atoms with Crippen molar-refractivity contribution in [2.75, 3.05) is 18.4 Å². The van der Waals surface area contributed by atoms with Crippen LogP contribution in [0.25, 0.3) is 0 Å². The fourth-order valence-corrected chi connectivity index (χ4v) is 2.69. The molecule has 5 heteroatoms. The first-order valence-corrected chi connectivity index (χ1v) is 8.20. The Kier molecular flexibility index (Phi) is 7.32. The van der Waals surface area contributed by atoms with Gasteiger partial charge in [0.05, 0.1) is 6.42 Å². The van der Waals surface area contributed by atoms with Crippen LogP contribution in [0.4, 0.5) is 5.69 Å². The Labute approximate surface area is 138 Å². The van der Waals surface area contributed by atoms with Gasteiger partial charge >= 0.3 is 5.97 Å². The molecule has 0 fully saturated rings. The molecule has 0 radical (unpaired) electrons. The number of carbonyl (C=O) groups is 1. The summed E-state index contributed by atoms with van der Waals surface area (Å²) >= 11 is 5.48. The standard InChI is InChI=1S/C17H26N2O2S/c1-5-13-8-7-9-14(12(3)4)16(13)18-17(22)19(6-2)11-10-15(20)21/h7-9,12H,5-6,10-11H2,1-4H3,(H,18,22)(H,20,21). The number of carboxylic acids is 1. The lowest BCUT2D eigenvalue weighted by Crippen LogP contribution is -2.36. The van der Waals surface area contributed by atoms with Crippen LogP contribution in [-0.4, -0.2) is 34.2 Å². The molecule has 4 nitrogen and oxygen atoms in total. The number of aliphatic carboxylic acids is 1. The highest BCUT2D eigenvalue weighted by atomic mass is 32.1. The summed E-state index contributed by atoms with van der Waals surface area (Å²) in [5.41, 5.74) is 3.53. The molecule has 0 bridgehead atoms. The zero-order valence-electron chi connectivity index (χ0n) is 13.8. The SMILES string of the molecule is CCc1cccc(C(C)C)c1NC(=S)N(CC)CCC(=O)O. The largest absolute Gasteiger partial charge is 0.481 e. The van der Waals surface area contributed by atoms with Crippen molar-refractivity contribution in [3.8, 4) is 0 Å². The molecular formula is C17H26N2O2S. The summed E-state index contributed by atoms with van der Waals surface area (Å²) in [6, 6.07) is 6.29. The van der Waals surface area contributed by atoms with Crippen LogP contribution >= 0.6 is 12.2 Å². The van der Waals surface area contributed by atoms with E-state index < -0.39 is 5.97 Å². The normalized spacial score (nSPS) is 10.6. The lowest BCUT2D eigenvalue weighted by atomic mass is 9.96. The summed E-state index contributed by atoms with van der Waals surface area (Å²) < 4.78 is 0. The second-order valence-electron chi connectivity index (χ2n) is 5.54. The molecule has 0 aliphatic carbocycles. The molecule has 0 heterocycles. The molecular weight excluding hydrogens is 296 g/mol. The Morgan fingerprint density at radius 1 is 1.36 bits per heavy atom. The van der Waals surface area contributed by atoms with Crippen LogP contribution in [0, 0.1) is 0 Å². The Hall–Kier alpha value is -1.62. The van der Waals surface area contributed by atoms with Gasteiger partial charge in [0, 0.05) is 18.8 Å². The van der Waals surface area contributed by atoms with Gasteiger partial charge in [0.1, 0.15) is 0 Å². The second-order valence-corrected chi connectivity index (χ2v) is 5.93. The maximum absolute atomic E-state index is 10.8. The predicted octanol–water partition coefficient (Wildman–Crippen LogP) is 3.87. The van der Waals surface area contributed by atoms with E-state index in [1.54, 1.807) is 0 Å². The summed E-state index contributed by atoms with van der Waals surface area (Å²) in [6.45, 7) is 9.52. The summed E-state index contributed by atoms with van der Waals surface area (Å²) in [5.74, 6) is -0.413. The van der Waals surface area contributed by atoms with E-state index >= 15 is 0 Å². The van der Waals surface area contributed by atoms with Gasteiger partial charge < -0.3 is 15.3 Å². The third-order valence-electron chi connectivity index (χ3n) is 3.68. The van der Waals surface area contributed by atoms with E-state index in [2.05, 4.69) is 44.3 Å². The van der Waals surface area contributed by atoms with Crippen LogP contribution in [0.5, 0.6) is 0 Å². The van der Waals surface area contributed by atoms with Gasteiger partial charge in [0.15, 0.2) is 5.11 Å². The minimum absolute atomic E-state index is 0.0854. The molecule has 0 saturated heterocycles. The van der Waals surface area contributed by atoms with Gasteiger partial charge in [0.2, 0.25) is 0 Å². The lowest BCUT2D eigenvalue weighted by molar-refractivity contribution is -0.137. The molecule has 1 aromatic rings. The number of hydrogen-bond acceptors (Lipinski definition) is 2. The van der Waals surface area contributed by atoms with Gasteiger partial charge in [-0.2, -0.15) is 0 Å². The van der Waals surface area contributed by atoms with Gasteiger partial charge in [0.25, 0.3) is 0 Å². The number of anilines is 1. The van der Waals surface area contributed by atoms with Gasteiger partial charge in [-0.25, -0.2) is 0 Å². The molecule has 0 aliphatic rings. The number of benzene rings is 1. The number of rotatable bonds is 7. The van der Waals surface area contributed by atoms with E-state index in [4.69, 9.17) is 17.3 Å². The molecule has 1 aromatic carbocycles. The fraction of sp³-hybridized carbons (Fsp3) is 0.529. The molecule has 22 heavy (non-hydrogen) atoms. The van der Waals surface area contributed by atoms with Crippen LogP contribution in [0.1, 0.15) is 51.2 Å². The van der Waals surface area contributed by atoms with Crippen molar-refractivity contribution in [1.82, 2.24) is 4.90 Å². The molecule has 0 amide bonds. The Balaban J connectivity index is 2.96. The lowest BCUT2D eigenvalue weighted by Gasteiger charge is -2.26. The van der Waals surface area contributed by atoms with E-state index in [1.807, 2.05) is 11.8 Å². The van der Waals surface area contributed by atoms with Crippen molar-refractivity contribution >= 4 is 29.0 Å². The minimum atomic E-state index is -0.807. The van der Waals surface area contributed by atoms with Crippen LogP contribution in [0.15, 0.2) is 18.2 Å². The number of nitrogens with one attached hydrogen (secondary N) is 1. The van der Waals surface area contributed by atoms with E-state index in [-0.39, 0.29) is 6.42 Å². The molecule has 0 aliphatic heterocycles. The molecule has 0 spiro atoms. The number of thiocarbonyl (C=S) groups is 1. The van der Waals surface area contributed by atoms with Crippen LogP contribution in [-0.2, 0) is 11.2 Å². The van der Waals surface area contributed by atoms with Crippen molar-refractivity contribution in [3.05, 3.63) is 29.3 Å². The monoisotopic (exact) mass is 322 g/mol. The first-order chi connectivity index (χ1) is 10.4. The minimum Gasteiger partial charge on any atom is -0.481 e. The highest BCUT2D eigenvalue weighted by Crippen LogP contribution is 2.28. The molecule has 1 rings (SSSR count). The first-order valence-electron chi connectivity index (χ1n) is 7.80. The predicted molar refractivity (Wildman–Crippen MR) is 95.6 cm³/mol. The molecule has 122 valence electrons. The molecule has 0 aromatic heterocycles. The van der Waals surface area contributed by atoms with Gasteiger partial charge in [-0.3, -0.25) is 4.79 Å². The van der Waals surface area contributed by atoms with Crippen molar-refractivity contribution in [1.29, 1.82) is 0 Å². The second kappa shape index (κ2) is 8.73. The number of aryl methyl sites for hydroxylation is 1. The summed E-state index contributed by atoms with van der Waals surface area (Å²) in [5, 5.41) is 12.8. The van der Waals surface area contributed by atoms with Gasteiger partial charge in [-0.1, -0.05) is 39.0 Å². The van der Waals surface area contributed by atoms with Crippen molar-refractivity contribution in [2.24, 2.45) is 0 Å². The zero-order valence-corrected chi connectivity index (χ0v) is 14.7. The third kappa shape index (κ3) is 4.98. The Bertz CT molecular complexity index is 529. The first kappa shape index (κ1) is 18.4. The quantitative estimate of drug-likeness (QED) is 0.747. The highest BCUT2D eigenvalue weighted by molar-refractivity contribution is 7.80. The number of nitrogens with zero attached hydrogens (tertiary/aromatic N) is 1. The van der Waals surface area contributed by atoms with Crippen molar-refractivity contribution < 1.29 is 9.90 Å². The molecule has 0 atom stereocenters. The number of para-hydroxylation sites is 1. The van der Waals surface area contributed by atoms with Crippen LogP contribution in [0.3, 0.4) is 0 Å². The third-order valence-corrected chi connectivity index (χ3v) is 4.04. The molecule has 0 unspecified atom stereocenters. The molecule has 0 saturated carbocycles. The Morgan fingerprint density at radius 3 is 2.55 bits per heavy atom. The van der Waals surface area contributed by atoms with E-state index in [0.29, 0.717) is 24.1 Å². The molecule has 2 N–H and O–H groups in total. The smallest absolute Gasteiger partial charge is 0.305 e. The van der Waals surface area contributed by atoms with Gasteiger partial charge in [-0.05, 0) is 42.6 Å². The topological polar surface area (TPSA) is 52.6 Å². The zero-order chi connectivity index (χ0) is 16.7. The Morgan fingerprint density at radius 2 is 2.05 bits per heavy atom. The maximum Gasteiger partial charge on any atom is 0.305 e. The van der Waals surface area contributed by atoms with Crippen LogP contribution < -0.4 is 5.32 Å². The van der Waals surface area contributed by atoms with E-state index in [1.165, 1.54) is 11.1 Å². The average Bonchev–Trinajstić information content (AvgIpc) is 2.47. The summed E-state index contributed by atoms with van der Waals surface area (Å²) in [6.07, 6.45) is 1.01. The van der Waals surface area contributed by atoms with Crippen molar-refractivity contribution in [2.45, 2.75) is 46.5 Å². The van der Waals surface area contributed by atoms with E-state index in [9.17, 15) is 4.79 Å². The highest BCUT2D eigenvalue weighted by Gasteiger charge is 2.15. The number of carboxylic acid groups (broad SMARTS) is 1. The fourth-order valence-electron chi connectivity index (χ4n) is 2.37. The average molecular weight is 322 g/mol. The summed E-state index contributed by atoms with van der Waals surface area (Å²) in [7, 11) is 0. The van der Waals surface area contributed by atoms with Gasteiger partial charge in [-0.15, -0.1) is 0 Å². The van der Waals surface area contributed by atoms with Crippen molar-refractivity contribution in [3.63, 3.8) is 0 Å². The maximum atomic E-state index is 10.8. The van der Waals surface area contributed by atoms with E-state index in [0.717, 1.165) is 12.1 Å².